The molecule has 0 aliphatic carbocycles. The number of rotatable bonds is 2. The van der Waals surface area contributed by atoms with Crippen LogP contribution < -0.4 is 5.32 Å². The summed E-state index contributed by atoms with van der Waals surface area (Å²) < 4.78 is 0. The Balaban J connectivity index is 1.95. The van der Waals surface area contributed by atoms with Crippen LogP contribution in [0, 0.1) is 0 Å². The zero-order chi connectivity index (χ0) is 11.7. The average Bonchev–Trinajstić information content (AvgIpc) is 2.83. The molecule has 0 amide bonds. The molecule has 3 rings (SSSR count). The summed E-state index contributed by atoms with van der Waals surface area (Å²) in [5.74, 6) is 0. The molecule has 1 heterocycles. The van der Waals surface area contributed by atoms with Crippen LogP contribution in [-0.4, -0.2) is 18.9 Å². The van der Waals surface area contributed by atoms with E-state index in [4.69, 9.17) is 11.6 Å². The fraction of sp³-hybridized carbons (Fsp3) is 0.214. The third-order valence-electron chi connectivity index (χ3n) is 3.09. The zero-order valence-electron chi connectivity index (χ0n) is 9.36. The third kappa shape index (κ3) is 2.13. The summed E-state index contributed by atoms with van der Waals surface area (Å²) in [5, 5.41) is 6.26. The fourth-order valence-corrected chi connectivity index (χ4v) is 2.44. The normalized spacial score (nSPS) is 18.5. The lowest BCUT2D eigenvalue weighted by atomic mass is 10.0. The maximum atomic E-state index is 6.20. The van der Waals surface area contributed by atoms with Crippen molar-refractivity contribution in [3.63, 3.8) is 0 Å². The summed E-state index contributed by atoms with van der Waals surface area (Å²) in [6.07, 6.45) is 2.75. The quantitative estimate of drug-likeness (QED) is 0.863. The van der Waals surface area contributed by atoms with Gasteiger partial charge >= 0.3 is 0 Å². The molecule has 1 aliphatic rings. The second kappa shape index (κ2) is 4.38. The first-order valence-corrected chi connectivity index (χ1v) is 6.13. The second-order valence-corrected chi connectivity index (χ2v) is 4.75. The minimum Gasteiger partial charge on any atom is -0.374 e. The SMILES string of the molecule is Clc1cccc2ccc(CC3CNC=N3)cc12. The Kier molecular flexibility index (Phi) is 2.73. The molecule has 0 spiro atoms. The largest absolute Gasteiger partial charge is 0.374 e. The Morgan fingerprint density at radius 1 is 1.29 bits per heavy atom. The van der Waals surface area contributed by atoms with Gasteiger partial charge in [-0.1, -0.05) is 35.9 Å². The van der Waals surface area contributed by atoms with Crippen molar-refractivity contribution in [1.82, 2.24) is 5.32 Å². The van der Waals surface area contributed by atoms with Gasteiger partial charge in [0.2, 0.25) is 0 Å². The number of hydrogen-bond acceptors (Lipinski definition) is 2. The lowest BCUT2D eigenvalue weighted by Gasteiger charge is -2.08. The van der Waals surface area contributed by atoms with Crippen molar-refractivity contribution in [3.05, 3.63) is 47.0 Å². The van der Waals surface area contributed by atoms with Gasteiger partial charge in [-0.2, -0.15) is 0 Å². The monoisotopic (exact) mass is 244 g/mol. The van der Waals surface area contributed by atoms with E-state index >= 15 is 0 Å². The highest BCUT2D eigenvalue weighted by atomic mass is 35.5. The highest BCUT2D eigenvalue weighted by Gasteiger charge is 2.11. The molecule has 0 radical (unpaired) electrons. The molecule has 0 saturated heterocycles. The highest BCUT2D eigenvalue weighted by molar-refractivity contribution is 6.35. The van der Waals surface area contributed by atoms with E-state index in [-0.39, 0.29) is 0 Å². The summed E-state index contributed by atoms with van der Waals surface area (Å²) in [6.45, 7) is 0.931. The fourth-order valence-electron chi connectivity index (χ4n) is 2.21. The van der Waals surface area contributed by atoms with Gasteiger partial charge in [-0.25, -0.2) is 0 Å². The summed E-state index contributed by atoms with van der Waals surface area (Å²) in [6, 6.07) is 12.8. The summed E-state index contributed by atoms with van der Waals surface area (Å²) in [7, 11) is 0. The van der Waals surface area contributed by atoms with Crippen LogP contribution in [0.5, 0.6) is 0 Å². The Morgan fingerprint density at radius 2 is 2.24 bits per heavy atom. The van der Waals surface area contributed by atoms with Crippen molar-refractivity contribution in [2.75, 3.05) is 6.54 Å². The second-order valence-electron chi connectivity index (χ2n) is 4.34. The predicted molar refractivity (Wildman–Crippen MR) is 72.9 cm³/mol. The smallest absolute Gasteiger partial charge is 0.0828 e. The molecule has 2 nitrogen and oxygen atoms in total. The number of nitrogens with zero attached hydrogens (tertiary/aromatic N) is 1. The highest BCUT2D eigenvalue weighted by Crippen LogP contribution is 2.25. The lowest BCUT2D eigenvalue weighted by molar-refractivity contribution is 0.693. The zero-order valence-corrected chi connectivity index (χ0v) is 10.1. The van der Waals surface area contributed by atoms with Crippen LogP contribution in [-0.2, 0) is 6.42 Å². The Morgan fingerprint density at radius 3 is 3.06 bits per heavy atom. The van der Waals surface area contributed by atoms with Gasteiger partial charge in [0.25, 0.3) is 0 Å². The molecule has 2 aromatic rings. The minimum absolute atomic E-state index is 0.356. The van der Waals surface area contributed by atoms with Crippen LogP contribution in [0.4, 0.5) is 0 Å². The number of halogens is 1. The van der Waals surface area contributed by atoms with Gasteiger partial charge in [-0.15, -0.1) is 0 Å². The molecule has 1 atom stereocenters. The molecule has 0 bridgehead atoms. The van der Waals surface area contributed by atoms with Gasteiger partial charge in [-0.05, 0) is 29.5 Å². The van der Waals surface area contributed by atoms with E-state index in [9.17, 15) is 0 Å². The van der Waals surface area contributed by atoms with Gasteiger partial charge in [0.15, 0.2) is 0 Å². The Bertz CT molecular complexity index is 577. The minimum atomic E-state index is 0.356. The van der Waals surface area contributed by atoms with Crippen LogP contribution in [0.3, 0.4) is 0 Å². The van der Waals surface area contributed by atoms with Gasteiger partial charge in [0, 0.05) is 17.0 Å². The number of fused-ring (bicyclic) bond motifs is 1. The Hall–Kier alpha value is -1.54. The van der Waals surface area contributed by atoms with E-state index in [1.165, 1.54) is 10.9 Å². The van der Waals surface area contributed by atoms with Crippen molar-refractivity contribution >= 4 is 28.7 Å². The predicted octanol–water partition coefficient (Wildman–Crippen LogP) is 3.04. The number of benzene rings is 2. The van der Waals surface area contributed by atoms with E-state index in [1.54, 1.807) is 6.34 Å². The van der Waals surface area contributed by atoms with Gasteiger partial charge < -0.3 is 5.32 Å². The van der Waals surface area contributed by atoms with Gasteiger partial charge in [-0.3, -0.25) is 4.99 Å². The molecule has 1 N–H and O–H groups in total. The van der Waals surface area contributed by atoms with E-state index in [2.05, 4.69) is 34.6 Å². The van der Waals surface area contributed by atoms with E-state index in [0.717, 1.165) is 23.4 Å². The van der Waals surface area contributed by atoms with Crippen LogP contribution >= 0.6 is 11.6 Å². The van der Waals surface area contributed by atoms with E-state index in [0.29, 0.717) is 6.04 Å². The first kappa shape index (κ1) is 10.6. The van der Waals surface area contributed by atoms with Gasteiger partial charge in [0.1, 0.15) is 0 Å². The van der Waals surface area contributed by atoms with Crippen LogP contribution in [0.15, 0.2) is 41.4 Å². The van der Waals surface area contributed by atoms with Crippen LogP contribution in [0.25, 0.3) is 10.8 Å². The first-order chi connectivity index (χ1) is 8.33. The lowest BCUT2D eigenvalue weighted by Crippen LogP contribution is -2.17. The molecular formula is C14H13ClN2. The number of aliphatic imine (C=N–C) groups is 1. The van der Waals surface area contributed by atoms with Crippen LogP contribution in [0.2, 0.25) is 5.02 Å². The van der Waals surface area contributed by atoms with E-state index < -0.39 is 0 Å². The van der Waals surface area contributed by atoms with Crippen molar-refractivity contribution in [2.24, 2.45) is 4.99 Å². The molecule has 17 heavy (non-hydrogen) atoms. The molecule has 1 aliphatic heterocycles. The molecular weight excluding hydrogens is 232 g/mol. The molecule has 0 fully saturated rings. The standard InChI is InChI=1S/C14H13ClN2/c15-14-3-1-2-11-5-4-10(7-13(11)14)6-12-8-16-9-17-12/h1-5,7,9,12H,6,8H2,(H,16,17). The Labute approximate surface area is 105 Å². The average molecular weight is 245 g/mol. The number of nitrogens with one attached hydrogen (secondary N) is 1. The summed E-state index contributed by atoms with van der Waals surface area (Å²) >= 11 is 6.20. The van der Waals surface area contributed by atoms with Crippen molar-refractivity contribution in [2.45, 2.75) is 12.5 Å². The summed E-state index contributed by atoms with van der Waals surface area (Å²) in [5.41, 5.74) is 1.29. The van der Waals surface area contributed by atoms with Crippen LogP contribution in [0.1, 0.15) is 5.56 Å². The molecule has 0 aromatic heterocycles. The van der Waals surface area contributed by atoms with Gasteiger partial charge in [0.05, 0.1) is 12.4 Å². The maximum Gasteiger partial charge on any atom is 0.0828 e. The van der Waals surface area contributed by atoms with Crippen molar-refractivity contribution in [3.8, 4) is 0 Å². The molecule has 1 unspecified atom stereocenters. The molecule has 2 aromatic carbocycles. The van der Waals surface area contributed by atoms with E-state index in [1.807, 2.05) is 12.1 Å². The summed E-state index contributed by atoms with van der Waals surface area (Å²) in [4.78, 5) is 4.36. The van der Waals surface area contributed by atoms with Crippen molar-refractivity contribution < 1.29 is 0 Å². The molecule has 3 heteroatoms. The topological polar surface area (TPSA) is 24.4 Å². The first-order valence-electron chi connectivity index (χ1n) is 5.75. The third-order valence-corrected chi connectivity index (χ3v) is 3.42. The number of hydrogen-bond donors (Lipinski definition) is 1. The maximum absolute atomic E-state index is 6.20. The molecule has 86 valence electrons. The molecule has 0 saturated carbocycles. The van der Waals surface area contributed by atoms with Crippen molar-refractivity contribution in [1.29, 1.82) is 0 Å².